The lowest BCUT2D eigenvalue weighted by atomic mass is 10.0. The molecule has 2 aromatic carbocycles. The van der Waals surface area contributed by atoms with E-state index in [1.54, 1.807) is 24.1 Å². The lowest BCUT2D eigenvalue weighted by molar-refractivity contribution is 0.101. The number of hydrogen-bond donors (Lipinski definition) is 1. The largest absolute Gasteiger partial charge is 0.497 e. The van der Waals surface area contributed by atoms with Crippen molar-refractivity contribution < 1.29 is 14.1 Å². The molecule has 0 aliphatic rings. The number of aryl methyl sites for hydroxylation is 1. The van der Waals surface area contributed by atoms with E-state index in [4.69, 9.17) is 9.26 Å². The van der Waals surface area contributed by atoms with Crippen LogP contribution >= 0.6 is 0 Å². The zero-order valence-corrected chi connectivity index (χ0v) is 16.1. The topological polar surface area (TPSA) is 82.2 Å². The van der Waals surface area contributed by atoms with Crippen LogP contribution in [0.1, 0.15) is 17.4 Å². The molecule has 0 bridgehead atoms. The summed E-state index contributed by atoms with van der Waals surface area (Å²) in [5, 5.41) is 11.0. The highest BCUT2D eigenvalue weighted by molar-refractivity contribution is 6.05. The van der Waals surface area contributed by atoms with Gasteiger partial charge in [0, 0.05) is 30.1 Å². The van der Waals surface area contributed by atoms with Gasteiger partial charge in [-0.15, -0.1) is 0 Å². The van der Waals surface area contributed by atoms with Gasteiger partial charge < -0.3 is 14.6 Å². The number of para-hydroxylation sites is 1. The molecule has 0 fully saturated rings. The van der Waals surface area contributed by atoms with E-state index in [0.29, 0.717) is 11.4 Å². The van der Waals surface area contributed by atoms with Crippen LogP contribution in [0.25, 0.3) is 22.5 Å². The Bertz CT molecular complexity index is 1130. The number of rotatable bonds is 6. The van der Waals surface area contributed by atoms with Gasteiger partial charge >= 0.3 is 0 Å². The van der Waals surface area contributed by atoms with Crippen LogP contribution in [0.4, 0.5) is 5.69 Å². The smallest absolute Gasteiger partial charge is 0.277 e. The maximum atomic E-state index is 12.7. The standard InChI is InChI=1S/C22H20N4O3/c1-3-26-14-16(13-23-26)21-12-20(25-29-21)22(27)24-19-7-5-4-6-18(19)15-8-10-17(28-2)11-9-15/h4-14H,3H2,1-2H3,(H,24,27). The fourth-order valence-corrected chi connectivity index (χ4v) is 2.98. The summed E-state index contributed by atoms with van der Waals surface area (Å²) in [7, 11) is 1.63. The van der Waals surface area contributed by atoms with Gasteiger partial charge in [0.2, 0.25) is 0 Å². The highest BCUT2D eigenvalue weighted by Gasteiger charge is 2.16. The summed E-state index contributed by atoms with van der Waals surface area (Å²) in [6.45, 7) is 2.75. The van der Waals surface area contributed by atoms with Crippen LogP contribution in [0, 0.1) is 0 Å². The van der Waals surface area contributed by atoms with Crippen LogP contribution in [0.5, 0.6) is 5.75 Å². The van der Waals surface area contributed by atoms with E-state index in [1.165, 1.54) is 0 Å². The zero-order chi connectivity index (χ0) is 20.2. The molecule has 2 heterocycles. The Morgan fingerprint density at radius 1 is 1.14 bits per heavy atom. The molecule has 0 radical (unpaired) electrons. The van der Waals surface area contributed by atoms with Gasteiger partial charge in [0.05, 0.1) is 18.9 Å². The van der Waals surface area contributed by atoms with E-state index in [-0.39, 0.29) is 11.6 Å². The number of carbonyl (C=O) groups excluding carboxylic acids is 1. The second-order valence-corrected chi connectivity index (χ2v) is 6.39. The molecule has 7 heteroatoms. The normalized spacial score (nSPS) is 10.7. The molecule has 2 aromatic heterocycles. The number of anilines is 1. The predicted molar refractivity (Wildman–Crippen MR) is 110 cm³/mol. The Morgan fingerprint density at radius 2 is 1.93 bits per heavy atom. The molecule has 0 aliphatic carbocycles. The molecule has 0 unspecified atom stereocenters. The predicted octanol–water partition coefficient (Wildman–Crippen LogP) is 4.49. The molecule has 0 atom stereocenters. The first-order valence-electron chi connectivity index (χ1n) is 9.22. The minimum atomic E-state index is -0.344. The van der Waals surface area contributed by atoms with Gasteiger partial charge in [-0.2, -0.15) is 5.10 Å². The van der Waals surface area contributed by atoms with Crippen LogP contribution < -0.4 is 10.1 Å². The lowest BCUT2D eigenvalue weighted by Gasteiger charge is -2.11. The molecule has 4 rings (SSSR count). The minimum absolute atomic E-state index is 0.203. The fourth-order valence-electron chi connectivity index (χ4n) is 2.98. The van der Waals surface area contributed by atoms with Gasteiger partial charge in [0.25, 0.3) is 5.91 Å². The highest BCUT2D eigenvalue weighted by atomic mass is 16.5. The quantitative estimate of drug-likeness (QED) is 0.526. The molecule has 0 saturated carbocycles. The molecule has 146 valence electrons. The van der Waals surface area contributed by atoms with E-state index in [2.05, 4.69) is 15.6 Å². The minimum Gasteiger partial charge on any atom is -0.497 e. The average molecular weight is 388 g/mol. The number of methoxy groups -OCH3 is 1. The molecular formula is C22H20N4O3. The van der Waals surface area contributed by atoms with Crippen molar-refractivity contribution >= 4 is 11.6 Å². The van der Waals surface area contributed by atoms with Crippen molar-refractivity contribution in [3.05, 3.63) is 72.7 Å². The number of aromatic nitrogens is 3. The number of amides is 1. The van der Waals surface area contributed by atoms with Crippen LogP contribution in [-0.2, 0) is 6.54 Å². The Labute approximate surface area is 167 Å². The van der Waals surface area contributed by atoms with Gasteiger partial charge in [-0.1, -0.05) is 35.5 Å². The molecule has 7 nitrogen and oxygen atoms in total. The van der Waals surface area contributed by atoms with Crippen LogP contribution in [0.2, 0.25) is 0 Å². The number of benzene rings is 2. The van der Waals surface area contributed by atoms with Gasteiger partial charge in [-0.3, -0.25) is 9.48 Å². The van der Waals surface area contributed by atoms with Crippen molar-refractivity contribution in [3.63, 3.8) is 0 Å². The number of carbonyl (C=O) groups is 1. The van der Waals surface area contributed by atoms with Crippen molar-refractivity contribution in [2.75, 3.05) is 12.4 Å². The molecule has 4 aromatic rings. The maximum Gasteiger partial charge on any atom is 0.277 e. The Balaban J connectivity index is 1.56. The molecule has 1 N–H and O–H groups in total. The van der Waals surface area contributed by atoms with Crippen molar-refractivity contribution in [2.45, 2.75) is 13.5 Å². The average Bonchev–Trinajstić information content (AvgIpc) is 3.44. The first-order valence-corrected chi connectivity index (χ1v) is 9.22. The summed E-state index contributed by atoms with van der Waals surface area (Å²) in [4.78, 5) is 12.7. The van der Waals surface area contributed by atoms with Crippen LogP contribution in [0.15, 0.2) is 71.5 Å². The SMILES string of the molecule is CCn1cc(-c2cc(C(=O)Nc3ccccc3-c3ccc(OC)cc3)no2)cn1. The number of nitrogens with one attached hydrogen (secondary N) is 1. The van der Waals surface area contributed by atoms with Crippen molar-refractivity contribution in [1.29, 1.82) is 0 Å². The van der Waals surface area contributed by atoms with E-state index >= 15 is 0 Å². The second kappa shape index (κ2) is 8.02. The lowest BCUT2D eigenvalue weighted by Crippen LogP contribution is -2.12. The zero-order valence-electron chi connectivity index (χ0n) is 16.1. The summed E-state index contributed by atoms with van der Waals surface area (Å²) in [5.41, 5.74) is 3.53. The molecule has 1 amide bonds. The first kappa shape index (κ1) is 18.5. The van der Waals surface area contributed by atoms with E-state index < -0.39 is 0 Å². The van der Waals surface area contributed by atoms with E-state index in [1.807, 2.05) is 61.7 Å². The van der Waals surface area contributed by atoms with Crippen molar-refractivity contribution in [1.82, 2.24) is 14.9 Å². The Morgan fingerprint density at radius 3 is 2.66 bits per heavy atom. The second-order valence-electron chi connectivity index (χ2n) is 6.39. The van der Waals surface area contributed by atoms with E-state index in [9.17, 15) is 4.79 Å². The molecule has 29 heavy (non-hydrogen) atoms. The van der Waals surface area contributed by atoms with Crippen LogP contribution in [-0.4, -0.2) is 28.0 Å². The summed E-state index contributed by atoms with van der Waals surface area (Å²) in [6.07, 6.45) is 3.53. The number of ether oxygens (including phenoxy) is 1. The van der Waals surface area contributed by atoms with E-state index in [0.717, 1.165) is 29.0 Å². The summed E-state index contributed by atoms with van der Waals surface area (Å²) in [6, 6.07) is 16.9. The van der Waals surface area contributed by atoms with Crippen molar-refractivity contribution in [2.24, 2.45) is 0 Å². The Kier molecular flexibility index (Phi) is 5.11. The number of nitrogens with zero attached hydrogens (tertiary/aromatic N) is 3. The maximum absolute atomic E-state index is 12.7. The molecular weight excluding hydrogens is 368 g/mol. The van der Waals surface area contributed by atoms with Gasteiger partial charge in [0.1, 0.15) is 5.75 Å². The van der Waals surface area contributed by atoms with Crippen molar-refractivity contribution in [3.8, 4) is 28.2 Å². The summed E-state index contributed by atoms with van der Waals surface area (Å²) < 4.78 is 12.3. The monoisotopic (exact) mass is 388 g/mol. The third-order valence-electron chi connectivity index (χ3n) is 4.56. The van der Waals surface area contributed by atoms with Gasteiger partial charge in [0.15, 0.2) is 11.5 Å². The summed E-state index contributed by atoms with van der Waals surface area (Å²) >= 11 is 0. The van der Waals surface area contributed by atoms with Gasteiger partial charge in [-0.25, -0.2) is 0 Å². The third kappa shape index (κ3) is 3.89. The first-order chi connectivity index (χ1) is 14.2. The fraction of sp³-hybridized carbons (Fsp3) is 0.136. The molecule has 0 aliphatic heterocycles. The number of hydrogen-bond acceptors (Lipinski definition) is 5. The van der Waals surface area contributed by atoms with Gasteiger partial charge in [-0.05, 0) is 30.7 Å². The van der Waals surface area contributed by atoms with Crippen LogP contribution in [0.3, 0.4) is 0 Å². The summed E-state index contributed by atoms with van der Waals surface area (Å²) in [5.74, 6) is 0.930. The third-order valence-corrected chi connectivity index (χ3v) is 4.56. The molecule has 0 spiro atoms. The Hall–Kier alpha value is -3.87. The highest BCUT2D eigenvalue weighted by Crippen LogP contribution is 2.30. The molecule has 0 saturated heterocycles.